The fourth-order valence-corrected chi connectivity index (χ4v) is 4.87. The monoisotopic (exact) mass is 358 g/mol. The van der Waals surface area contributed by atoms with Crippen LogP contribution in [0, 0.1) is 22.2 Å². The van der Waals surface area contributed by atoms with Gasteiger partial charge in [0.2, 0.25) is 11.6 Å². The normalized spacial score (nSPS) is 29.8. The smallest absolute Gasteiger partial charge is 0.210 e. The molecule has 1 aromatic carbocycles. The van der Waals surface area contributed by atoms with Gasteiger partial charge in [0.05, 0.1) is 5.41 Å². The second-order valence-corrected chi connectivity index (χ2v) is 9.99. The lowest BCUT2D eigenvalue weighted by atomic mass is 9.44. The molecule has 0 N–H and O–H groups in total. The number of benzene rings is 1. The van der Waals surface area contributed by atoms with Crippen molar-refractivity contribution in [1.82, 2.24) is 0 Å². The van der Waals surface area contributed by atoms with Crippen molar-refractivity contribution in [1.29, 1.82) is 0 Å². The van der Waals surface area contributed by atoms with Crippen LogP contribution in [0.2, 0.25) is 5.02 Å². The van der Waals surface area contributed by atoms with Gasteiger partial charge in [-0.15, -0.1) is 0 Å². The topological polar surface area (TPSA) is 34.1 Å². The fourth-order valence-electron chi connectivity index (χ4n) is 4.74. The maximum absolute atomic E-state index is 13.3. The van der Waals surface area contributed by atoms with Gasteiger partial charge in [0.15, 0.2) is 0 Å². The average Bonchev–Trinajstić information content (AvgIpc) is 2.50. The van der Waals surface area contributed by atoms with Gasteiger partial charge in [-0.2, -0.15) is 0 Å². The molecule has 2 bridgehead atoms. The summed E-state index contributed by atoms with van der Waals surface area (Å²) >= 11 is 6.06. The number of hydrogen-bond acceptors (Lipinski definition) is 2. The summed E-state index contributed by atoms with van der Waals surface area (Å²) < 4.78 is 0. The van der Waals surface area contributed by atoms with Crippen molar-refractivity contribution in [3.05, 3.63) is 46.5 Å². The molecule has 134 valence electrons. The van der Waals surface area contributed by atoms with Crippen molar-refractivity contribution in [3.63, 3.8) is 0 Å². The number of Topliss-reactive ketones (excluding diaryl/α,β-unsaturated/α-hetero) is 2. The molecule has 3 heteroatoms. The van der Waals surface area contributed by atoms with E-state index < -0.39 is 5.41 Å². The third-order valence-electron chi connectivity index (χ3n) is 6.08. The van der Waals surface area contributed by atoms with Gasteiger partial charge in [-0.05, 0) is 34.9 Å². The van der Waals surface area contributed by atoms with Crippen LogP contribution >= 0.6 is 11.6 Å². The molecule has 1 saturated carbocycles. The number of halogens is 1. The fraction of sp³-hybridized carbons (Fsp3) is 0.545. The first-order valence-electron chi connectivity index (χ1n) is 8.97. The molecule has 3 atom stereocenters. The lowest BCUT2D eigenvalue weighted by Crippen LogP contribution is -2.59. The molecule has 0 spiro atoms. The molecule has 2 nitrogen and oxygen atoms in total. The van der Waals surface area contributed by atoms with E-state index in [-0.39, 0.29) is 34.2 Å². The van der Waals surface area contributed by atoms with Crippen molar-refractivity contribution in [2.75, 3.05) is 0 Å². The highest BCUT2D eigenvalue weighted by molar-refractivity contribution is 6.43. The predicted molar refractivity (Wildman–Crippen MR) is 102 cm³/mol. The number of ketones is 2. The minimum atomic E-state index is -0.796. The molecule has 1 fully saturated rings. The molecule has 0 saturated heterocycles. The van der Waals surface area contributed by atoms with E-state index in [0.29, 0.717) is 11.4 Å². The van der Waals surface area contributed by atoms with Crippen LogP contribution in [0.4, 0.5) is 0 Å². The summed E-state index contributed by atoms with van der Waals surface area (Å²) in [7, 11) is 0. The minimum Gasteiger partial charge on any atom is -0.290 e. The Morgan fingerprint density at radius 3 is 2.04 bits per heavy atom. The Morgan fingerprint density at radius 1 is 1.00 bits per heavy atom. The first-order valence-corrected chi connectivity index (χ1v) is 9.35. The average molecular weight is 359 g/mol. The summed E-state index contributed by atoms with van der Waals surface area (Å²) in [6, 6.07) is 7.75. The van der Waals surface area contributed by atoms with Crippen LogP contribution < -0.4 is 0 Å². The predicted octanol–water partition coefficient (Wildman–Crippen LogP) is 5.60. The number of allylic oxidation sites excluding steroid dienone is 2. The van der Waals surface area contributed by atoms with Crippen molar-refractivity contribution in [3.8, 4) is 0 Å². The van der Waals surface area contributed by atoms with Gasteiger partial charge in [-0.1, -0.05) is 76.9 Å². The number of fused-ring (bicyclic) bond motifs is 2. The maximum atomic E-state index is 13.3. The largest absolute Gasteiger partial charge is 0.290 e. The quantitative estimate of drug-likeness (QED) is 0.483. The molecule has 1 aromatic rings. The summed E-state index contributed by atoms with van der Waals surface area (Å²) in [6.45, 7) is 12.6. The molecular formula is C22H27ClO2. The Kier molecular flexibility index (Phi) is 4.07. The number of hydrogen-bond donors (Lipinski definition) is 0. The number of rotatable bonds is 1. The van der Waals surface area contributed by atoms with Crippen LogP contribution in [0.25, 0.3) is 0 Å². The molecule has 1 unspecified atom stereocenters. The molecule has 4 rings (SSSR count). The highest BCUT2D eigenvalue weighted by Gasteiger charge is 2.63. The highest BCUT2D eigenvalue weighted by atomic mass is 35.5. The maximum Gasteiger partial charge on any atom is 0.210 e. The van der Waals surface area contributed by atoms with Gasteiger partial charge in [0.1, 0.15) is 0 Å². The first kappa shape index (κ1) is 18.4. The third-order valence-corrected chi connectivity index (χ3v) is 6.33. The third kappa shape index (κ3) is 2.61. The van der Waals surface area contributed by atoms with Crippen LogP contribution in [-0.2, 0) is 9.59 Å². The van der Waals surface area contributed by atoms with Crippen molar-refractivity contribution in [2.45, 2.75) is 53.9 Å². The molecule has 25 heavy (non-hydrogen) atoms. The zero-order valence-electron chi connectivity index (χ0n) is 15.9. The molecule has 3 aliphatic carbocycles. The molecule has 0 aliphatic heterocycles. The van der Waals surface area contributed by atoms with E-state index in [4.69, 9.17) is 11.6 Å². The van der Waals surface area contributed by atoms with Crippen LogP contribution in [0.5, 0.6) is 0 Å². The highest BCUT2D eigenvalue weighted by Crippen LogP contribution is 2.63. The van der Waals surface area contributed by atoms with Crippen LogP contribution in [-0.4, -0.2) is 11.6 Å². The zero-order valence-corrected chi connectivity index (χ0v) is 16.7. The van der Waals surface area contributed by atoms with E-state index in [0.717, 1.165) is 11.1 Å². The number of carbonyl (C=O) groups excluding carboxylic acids is 2. The van der Waals surface area contributed by atoms with Gasteiger partial charge in [0.25, 0.3) is 0 Å². The molecule has 0 heterocycles. The first-order chi connectivity index (χ1) is 11.4. The van der Waals surface area contributed by atoms with E-state index in [2.05, 4.69) is 47.6 Å². The van der Waals surface area contributed by atoms with Crippen molar-refractivity contribution < 1.29 is 9.59 Å². The van der Waals surface area contributed by atoms with E-state index in [1.807, 2.05) is 24.3 Å². The molecular weight excluding hydrogens is 332 g/mol. The molecule has 0 radical (unpaired) electrons. The van der Waals surface area contributed by atoms with Gasteiger partial charge in [0, 0.05) is 16.9 Å². The van der Waals surface area contributed by atoms with Crippen LogP contribution in [0.15, 0.2) is 35.9 Å². The second kappa shape index (κ2) is 5.54. The lowest BCUT2D eigenvalue weighted by Gasteiger charge is -2.56. The van der Waals surface area contributed by atoms with Gasteiger partial charge in [-0.25, -0.2) is 0 Å². The van der Waals surface area contributed by atoms with Crippen LogP contribution in [0.3, 0.4) is 0 Å². The lowest BCUT2D eigenvalue weighted by molar-refractivity contribution is -0.153. The second-order valence-electron chi connectivity index (χ2n) is 9.55. The van der Waals surface area contributed by atoms with Crippen LogP contribution in [0.1, 0.15) is 59.4 Å². The summed E-state index contributed by atoms with van der Waals surface area (Å²) in [5.74, 6) is -0.708. The van der Waals surface area contributed by atoms with E-state index in [1.54, 1.807) is 0 Å². The Morgan fingerprint density at radius 2 is 1.56 bits per heavy atom. The van der Waals surface area contributed by atoms with E-state index in [1.165, 1.54) is 0 Å². The van der Waals surface area contributed by atoms with Gasteiger partial charge >= 0.3 is 0 Å². The van der Waals surface area contributed by atoms with Crippen molar-refractivity contribution >= 4 is 23.2 Å². The Bertz CT molecular complexity index is 759. The molecule has 0 amide bonds. The molecule has 3 aliphatic rings. The molecule has 0 aromatic heterocycles. The Balaban J connectivity index is 2.27. The minimum absolute atomic E-state index is 0.00562. The zero-order chi connectivity index (χ0) is 18.8. The summed E-state index contributed by atoms with van der Waals surface area (Å²) in [5.41, 5.74) is 0.940. The SMILES string of the molecule is CC(C)(C)C1=C[C@@]2(C(C)(C)C)C(=O)C(=O)C1C[C@@H]2c1ccc(Cl)cc1. The van der Waals surface area contributed by atoms with Crippen molar-refractivity contribution in [2.24, 2.45) is 22.2 Å². The van der Waals surface area contributed by atoms with Gasteiger partial charge < -0.3 is 0 Å². The summed E-state index contributed by atoms with van der Waals surface area (Å²) in [4.78, 5) is 26.2. The standard InChI is InChI=1S/C22H27ClO2/c1-20(2,3)17-12-22(21(4,5)6)16(11-15(17)18(24)19(22)25)13-7-9-14(23)10-8-13/h7-10,12,15-16H,11H2,1-6H3/t15?,16-,22+/m1/s1. The Hall–Kier alpha value is -1.41. The summed E-state index contributed by atoms with van der Waals surface area (Å²) in [5, 5.41) is 0.683. The summed E-state index contributed by atoms with van der Waals surface area (Å²) in [6.07, 6.45) is 2.86. The number of carbonyl (C=O) groups is 2. The Labute approximate surface area is 155 Å². The van der Waals surface area contributed by atoms with Gasteiger partial charge in [-0.3, -0.25) is 9.59 Å². The van der Waals surface area contributed by atoms with E-state index >= 15 is 0 Å². The van der Waals surface area contributed by atoms with E-state index in [9.17, 15) is 9.59 Å².